The van der Waals surface area contributed by atoms with Gasteiger partial charge in [-0.05, 0) is 31.6 Å². The Balaban J connectivity index is 2.68. The van der Waals surface area contributed by atoms with Gasteiger partial charge in [0.15, 0.2) is 6.04 Å². The average molecular weight is 343 g/mol. The standard InChI is InChI=1S/C16H30N4O4/c1-10(2)13(16(23)24)19-14(21)12-7-5-9-20(12)15(22)11(18)6-3-4-8-17/h10-13H,3-9,17-18H2,1-2H3,(H,19,21)(H,23,24)/p+1/t11-,12-,13-/m0/s1. The summed E-state index contributed by atoms with van der Waals surface area (Å²) in [7, 11) is 0. The summed E-state index contributed by atoms with van der Waals surface area (Å²) in [6.45, 7) is 4.74. The zero-order valence-electron chi connectivity index (χ0n) is 14.8. The van der Waals surface area contributed by atoms with Crippen LogP contribution < -0.4 is 21.9 Å². The molecule has 8 nitrogen and oxygen atoms in total. The topological polar surface area (TPSA) is 145 Å². The van der Waals surface area contributed by atoms with Gasteiger partial charge in [-0.15, -0.1) is 0 Å². The molecule has 1 rings (SSSR count). The maximum Gasteiger partial charge on any atom is 0.281 e. The Morgan fingerprint density at radius 2 is 1.96 bits per heavy atom. The lowest BCUT2D eigenvalue weighted by molar-refractivity contribution is -0.408. The summed E-state index contributed by atoms with van der Waals surface area (Å²) < 4.78 is 0. The van der Waals surface area contributed by atoms with E-state index in [2.05, 4.69) is 16.8 Å². The van der Waals surface area contributed by atoms with E-state index < -0.39 is 24.0 Å². The Labute approximate surface area is 142 Å². The molecule has 0 aromatic heterocycles. The third-order valence-corrected chi connectivity index (χ3v) is 4.46. The molecule has 0 aromatic carbocycles. The van der Waals surface area contributed by atoms with Crippen molar-refractivity contribution in [2.45, 2.75) is 64.1 Å². The first-order valence-corrected chi connectivity index (χ1v) is 8.73. The number of quaternary nitrogens is 2. The third-order valence-electron chi connectivity index (χ3n) is 4.46. The van der Waals surface area contributed by atoms with Gasteiger partial charge in [0.25, 0.3) is 5.91 Å². The molecule has 138 valence electrons. The van der Waals surface area contributed by atoms with E-state index in [0.29, 0.717) is 19.4 Å². The Bertz CT molecular complexity index is 455. The summed E-state index contributed by atoms with van der Waals surface area (Å²) in [5, 5.41) is 13.7. The van der Waals surface area contributed by atoms with E-state index in [1.807, 2.05) is 0 Å². The number of aliphatic carboxylic acids is 1. The second-order valence-corrected chi connectivity index (χ2v) is 6.79. The highest BCUT2D eigenvalue weighted by Gasteiger charge is 2.38. The Morgan fingerprint density at radius 3 is 2.50 bits per heavy atom. The van der Waals surface area contributed by atoms with Crippen LogP contribution in [-0.2, 0) is 14.4 Å². The molecular weight excluding hydrogens is 312 g/mol. The van der Waals surface area contributed by atoms with Crippen LogP contribution in [0, 0.1) is 5.92 Å². The lowest BCUT2D eigenvalue weighted by Crippen LogP contribution is -2.69. The second-order valence-electron chi connectivity index (χ2n) is 6.79. The van der Waals surface area contributed by atoms with E-state index in [9.17, 15) is 19.5 Å². The maximum absolute atomic E-state index is 12.5. The molecule has 1 heterocycles. The zero-order valence-corrected chi connectivity index (χ0v) is 14.8. The van der Waals surface area contributed by atoms with Crippen molar-refractivity contribution >= 4 is 17.8 Å². The molecule has 1 saturated heterocycles. The van der Waals surface area contributed by atoms with Gasteiger partial charge in [-0.25, -0.2) is 0 Å². The molecule has 1 aliphatic rings. The molecule has 0 radical (unpaired) electrons. The highest BCUT2D eigenvalue weighted by molar-refractivity contribution is 5.91. The van der Waals surface area contributed by atoms with Crippen LogP contribution in [0.2, 0.25) is 0 Å². The van der Waals surface area contributed by atoms with E-state index in [-0.39, 0.29) is 17.9 Å². The van der Waals surface area contributed by atoms with Gasteiger partial charge in [0.1, 0.15) is 6.04 Å². The number of carboxylic acid groups (broad SMARTS) is 1. The quantitative estimate of drug-likeness (QED) is 0.380. The third kappa shape index (κ3) is 5.45. The highest BCUT2D eigenvalue weighted by Crippen LogP contribution is 2.19. The monoisotopic (exact) mass is 343 g/mol. The average Bonchev–Trinajstić information content (AvgIpc) is 3.00. The number of rotatable bonds is 9. The van der Waals surface area contributed by atoms with Crippen LogP contribution in [0.4, 0.5) is 0 Å². The summed E-state index contributed by atoms with van der Waals surface area (Å²) in [6.07, 6.45) is 3.78. The molecule has 0 unspecified atom stereocenters. The van der Waals surface area contributed by atoms with Gasteiger partial charge >= 0.3 is 0 Å². The molecule has 7 N–H and O–H groups in total. The number of hydrogen-bond donors (Lipinski definition) is 3. The molecule has 1 aliphatic heterocycles. The van der Waals surface area contributed by atoms with Crippen molar-refractivity contribution in [1.82, 2.24) is 10.2 Å². The van der Waals surface area contributed by atoms with Crippen molar-refractivity contribution in [1.29, 1.82) is 0 Å². The zero-order chi connectivity index (χ0) is 18.3. The first kappa shape index (κ1) is 20.4. The lowest BCUT2D eigenvalue weighted by Gasteiger charge is -2.29. The van der Waals surface area contributed by atoms with Crippen molar-refractivity contribution in [3.8, 4) is 0 Å². The number of unbranched alkanes of at least 4 members (excludes halogenated alkanes) is 1. The fourth-order valence-electron chi connectivity index (χ4n) is 2.98. The second kappa shape index (κ2) is 9.58. The van der Waals surface area contributed by atoms with Gasteiger partial charge in [0.05, 0.1) is 18.6 Å². The number of likely N-dealkylation sites (tertiary alicyclic amines) is 1. The largest absolute Gasteiger partial charge is 0.548 e. The van der Waals surface area contributed by atoms with Gasteiger partial charge in [0.2, 0.25) is 5.91 Å². The predicted molar refractivity (Wildman–Crippen MR) is 84.8 cm³/mol. The van der Waals surface area contributed by atoms with Crippen LogP contribution in [0.25, 0.3) is 0 Å². The van der Waals surface area contributed by atoms with E-state index in [1.165, 1.54) is 0 Å². The molecular formula is C16H31N4O4+. The van der Waals surface area contributed by atoms with Crippen molar-refractivity contribution in [3.05, 3.63) is 0 Å². The van der Waals surface area contributed by atoms with Gasteiger partial charge in [-0.3, -0.25) is 9.59 Å². The van der Waals surface area contributed by atoms with Gasteiger partial charge in [0, 0.05) is 13.0 Å². The van der Waals surface area contributed by atoms with Crippen molar-refractivity contribution in [2.75, 3.05) is 13.1 Å². The highest BCUT2D eigenvalue weighted by atomic mass is 16.4. The summed E-state index contributed by atoms with van der Waals surface area (Å²) in [4.78, 5) is 37.7. The molecule has 0 spiro atoms. The van der Waals surface area contributed by atoms with Crippen LogP contribution in [0.5, 0.6) is 0 Å². The van der Waals surface area contributed by atoms with Crippen molar-refractivity contribution in [2.24, 2.45) is 5.92 Å². The molecule has 0 saturated carbocycles. The first-order chi connectivity index (χ1) is 11.3. The lowest BCUT2D eigenvalue weighted by atomic mass is 10.0. The Hall–Kier alpha value is -1.67. The molecule has 0 bridgehead atoms. The minimum absolute atomic E-state index is 0.133. The van der Waals surface area contributed by atoms with E-state index in [0.717, 1.165) is 25.8 Å². The van der Waals surface area contributed by atoms with Crippen molar-refractivity contribution in [3.63, 3.8) is 0 Å². The minimum atomic E-state index is -1.31. The van der Waals surface area contributed by atoms with Crippen LogP contribution >= 0.6 is 0 Å². The molecule has 0 aliphatic carbocycles. The number of nitrogens with zero attached hydrogens (tertiary/aromatic N) is 1. The van der Waals surface area contributed by atoms with E-state index >= 15 is 0 Å². The molecule has 8 heteroatoms. The van der Waals surface area contributed by atoms with Crippen LogP contribution in [-0.4, -0.2) is 53.9 Å². The number of hydrogen-bond acceptors (Lipinski definition) is 4. The summed E-state index contributed by atoms with van der Waals surface area (Å²) in [6, 6.07) is -2.05. The van der Waals surface area contributed by atoms with Crippen molar-refractivity contribution < 1.29 is 31.0 Å². The van der Waals surface area contributed by atoms with Crippen LogP contribution in [0.3, 0.4) is 0 Å². The first-order valence-electron chi connectivity index (χ1n) is 8.73. The number of nitrogens with one attached hydrogen (secondary N) is 1. The fraction of sp³-hybridized carbons (Fsp3) is 0.812. The SMILES string of the molecule is CC(C)[C@H](NC(=O)[C@@H]1CCCN1C(=O)[C@@H]([NH3+])CCCC[NH3+])C(=O)[O-]. The van der Waals surface area contributed by atoms with Gasteiger partial charge in [-0.1, -0.05) is 13.8 Å². The fourth-order valence-corrected chi connectivity index (χ4v) is 2.98. The molecule has 1 fully saturated rings. The summed E-state index contributed by atoms with van der Waals surface area (Å²) in [5.74, 6) is -2.15. The van der Waals surface area contributed by atoms with Crippen LogP contribution in [0.1, 0.15) is 46.0 Å². The van der Waals surface area contributed by atoms with Gasteiger partial charge in [-0.2, -0.15) is 0 Å². The molecule has 2 amide bonds. The summed E-state index contributed by atoms with van der Waals surface area (Å²) >= 11 is 0. The minimum Gasteiger partial charge on any atom is -0.548 e. The Kier molecular flexibility index (Phi) is 8.14. The molecule has 3 atom stereocenters. The number of carbonyl (C=O) groups excluding carboxylic acids is 3. The number of carbonyl (C=O) groups is 3. The Morgan fingerprint density at radius 1 is 1.29 bits per heavy atom. The maximum atomic E-state index is 12.5. The van der Waals surface area contributed by atoms with Crippen LogP contribution in [0.15, 0.2) is 0 Å². The summed E-state index contributed by atoms with van der Waals surface area (Å²) in [5.41, 5.74) is 7.69. The number of carboxylic acids is 1. The van der Waals surface area contributed by atoms with E-state index in [1.54, 1.807) is 18.7 Å². The van der Waals surface area contributed by atoms with Gasteiger partial charge < -0.3 is 31.6 Å². The predicted octanol–water partition coefficient (Wildman–Crippen LogP) is -3.11. The number of amides is 2. The smallest absolute Gasteiger partial charge is 0.281 e. The van der Waals surface area contributed by atoms with E-state index in [4.69, 9.17) is 0 Å². The molecule has 24 heavy (non-hydrogen) atoms. The molecule has 0 aromatic rings. The normalized spacial score (nSPS) is 20.0.